The van der Waals surface area contributed by atoms with E-state index in [1.54, 1.807) is 43.2 Å². The minimum Gasteiger partial charge on any atom is -0.497 e. The lowest BCUT2D eigenvalue weighted by Gasteiger charge is -2.31. The summed E-state index contributed by atoms with van der Waals surface area (Å²) >= 11 is 5.88. The molecule has 0 saturated carbocycles. The Bertz CT molecular complexity index is 876. The van der Waals surface area contributed by atoms with Gasteiger partial charge in [0, 0.05) is 23.5 Å². The number of ether oxygens (including phenoxy) is 2. The number of carbonyl (C=O) groups excluding carboxylic acids is 2. The summed E-state index contributed by atoms with van der Waals surface area (Å²) in [5, 5.41) is 3.61. The van der Waals surface area contributed by atoms with Crippen molar-refractivity contribution in [3.8, 4) is 11.5 Å². The molecular formula is C25H33ClN2O4. The van der Waals surface area contributed by atoms with Gasteiger partial charge in [-0.2, -0.15) is 0 Å². The molecule has 0 bridgehead atoms. The zero-order valence-electron chi connectivity index (χ0n) is 19.5. The molecule has 0 aliphatic heterocycles. The number of hydrogen-bond acceptors (Lipinski definition) is 4. The number of benzene rings is 2. The minimum atomic E-state index is -0.610. The Balaban J connectivity index is 2.03. The SMILES string of the molecule is COc1ccc(CN(C(=O)CCCOc2ccc(Cl)cc2)[C@@H](C)C(=O)NC(C)(C)C)cc1. The lowest BCUT2D eigenvalue weighted by atomic mass is 10.1. The largest absolute Gasteiger partial charge is 0.497 e. The maximum Gasteiger partial charge on any atom is 0.242 e. The molecule has 0 aliphatic carbocycles. The zero-order chi connectivity index (χ0) is 23.7. The van der Waals surface area contributed by atoms with Crippen molar-refractivity contribution in [1.29, 1.82) is 0 Å². The molecule has 2 rings (SSSR count). The van der Waals surface area contributed by atoms with E-state index in [2.05, 4.69) is 5.32 Å². The molecular weight excluding hydrogens is 428 g/mol. The first-order chi connectivity index (χ1) is 15.1. The standard InChI is InChI=1S/C25H33ClN2O4/c1-18(24(30)27-25(2,3)4)28(17-19-8-12-21(31-5)13-9-19)23(29)7-6-16-32-22-14-10-20(26)11-15-22/h8-15,18H,6-7,16-17H2,1-5H3,(H,27,30)/t18-/m0/s1. The smallest absolute Gasteiger partial charge is 0.242 e. The van der Waals surface area contributed by atoms with Crippen LogP contribution in [0.1, 0.15) is 46.1 Å². The number of nitrogens with zero attached hydrogens (tertiary/aromatic N) is 1. The van der Waals surface area contributed by atoms with Gasteiger partial charge in [-0.25, -0.2) is 0 Å². The summed E-state index contributed by atoms with van der Waals surface area (Å²) in [6, 6.07) is 14.0. The van der Waals surface area contributed by atoms with Crippen molar-refractivity contribution in [3.63, 3.8) is 0 Å². The number of nitrogens with one attached hydrogen (secondary N) is 1. The van der Waals surface area contributed by atoms with Crippen LogP contribution in [0.25, 0.3) is 0 Å². The molecule has 0 aromatic heterocycles. The van der Waals surface area contributed by atoms with Crippen molar-refractivity contribution in [2.75, 3.05) is 13.7 Å². The van der Waals surface area contributed by atoms with Crippen molar-refractivity contribution >= 4 is 23.4 Å². The molecule has 2 aromatic rings. The highest BCUT2D eigenvalue weighted by atomic mass is 35.5. The van der Waals surface area contributed by atoms with Gasteiger partial charge in [0.05, 0.1) is 13.7 Å². The number of rotatable bonds is 10. The second-order valence-electron chi connectivity index (χ2n) is 8.69. The summed E-state index contributed by atoms with van der Waals surface area (Å²) in [6.07, 6.45) is 0.811. The predicted molar refractivity (Wildman–Crippen MR) is 127 cm³/mol. The van der Waals surface area contributed by atoms with Gasteiger partial charge in [0.1, 0.15) is 17.5 Å². The van der Waals surface area contributed by atoms with Crippen molar-refractivity contribution in [1.82, 2.24) is 10.2 Å². The molecule has 0 fully saturated rings. The third-order valence-electron chi connectivity index (χ3n) is 4.79. The van der Waals surface area contributed by atoms with Crippen LogP contribution in [0.5, 0.6) is 11.5 Å². The van der Waals surface area contributed by atoms with E-state index in [1.165, 1.54) is 0 Å². The summed E-state index contributed by atoms with van der Waals surface area (Å²) in [5.41, 5.74) is 0.541. The maximum atomic E-state index is 13.1. The summed E-state index contributed by atoms with van der Waals surface area (Å²) in [7, 11) is 1.61. The number of carbonyl (C=O) groups is 2. The van der Waals surface area contributed by atoms with Crippen LogP contribution in [0.3, 0.4) is 0 Å². The minimum absolute atomic E-state index is 0.0999. The van der Waals surface area contributed by atoms with Gasteiger partial charge in [0.25, 0.3) is 0 Å². The molecule has 6 nitrogen and oxygen atoms in total. The molecule has 2 aromatic carbocycles. The van der Waals surface area contributed by atoms with Crippen LogP contribution in [0, 0.1) is 0 Å². The highest BCUT2D eigenvalue weighted by Crippen LogP contribution is 2.18. The average Bonchev–Trinajstić information content (AvgIpc) is 2.75. The fraction of sp³-hybridized carbons (Fsp3) is 0.440. The van der Waals surface area contributed by atoms with E-state index in [4.69, 9.17) is 21.1 Å². The van der Waals surface area contributed by atoms with Gasteiger partial charge in [0.2, 0.25) is 11.8 Å². The number of methoxy groups -OCH3 is 1. The van der Waals surface area contributed by atoms with Gasteiger partial charge in [-0.1, -0.05) is 23.7 Å². The van der Waals surface area contributed by atoms with Gasteiger partial charge < -0.3 is 19.7 Å². The van der Waals surface area contributed by atoms with Gasteiger partial charge in [-0.3, -0.25) is 9.59 Å². The zero-order valence-corrected chi connectivity index (χ0v) is 20.2. The normalized spacial score (nSPS) is 12.1. The van der Waals surface area contributed by atoms with E-state index in [9.17, 15) is 9.59 Å². The molecule has 2 amide bonds. The quantitative estimate of drug-likeness (QED) is 0.515. The second kappa shape index (κ2) is 11.8. The maximum absolute atomic E-state index is 13.1. The number of amides is 2. The summed E-state index contributed by atoms with van der Waals surface area (Å²) in [6.45, 7) is 8.24. The summed E-state index contributed by atoms with van der Waals surface area (Å²) in [4.78, 5) is 27.5. The highest BCUT2D eigenvalue weighted by molar-refractivity contribution is 6.30. The molecule has 0 heterocycles. The van der Waals surface area contributed by atoms with Crippen molar-refractivity contribution in [3.05, 3.63) is 59.1 Å². The predicted octanol–water partition coefficient (Wildman–Crippen LogP) is 4.84. The van der Waals surface area contributed by atoms with E-state index in [1.807, 2.05) is 45.0 Å². The van der Waals surface area contributed by atoms with Crippen LogP contribution in [0.15, 0.2) is 48.5 Å². The Morgan fingerprint density at radius 3 is 2.19 bits per heavy atom. The van der Waals surface area contributed by atoms with Crippen LogP contribution in [-0.2, 0) is 16.1 Å². The first-order valence-electron chi connectivity index (χ1n) is 10.7. The van der Waals surface area contributed by atoms with Gasteiger partial charge in [0.15, 0.2) is 0 Å². The fourth-order valence-electron chi connectivity index (χ4n) is 3.07. The van der Waals surface area contributed by atoms with Gasteiger partial charge >= 0.3 is 0 Å². The van der Waals surface area contributed by atoms with Crippen molar-refractivity contribution in [2.24, 2.45) is 0 Å². The first-order valence-corrected chi connectivity index (χ1v) is 11.1. The monoisotopic (exact) mass is 460 g/mol. The number of hydrogen-bond donors (Lipinski definition) is 1. The van der Waals surface area contributed by atoms with Crippen LogP contribution < -0.4 is 14.8 Å². The Hall–Kier alpha value is -2.73. The highest BCUT2D eigenvalue weighted by Gasteiger charge is 2.28. The third-order valence-corrected chi connectivity index (χ3v) is 5.05. The second-order valence-corrected chi connectivity index (χ2v) is 9.13. The van der Waals surface area contributed by atoms with E-state index >= 15 is 0 Å². The van der Waals surface area contributed by atoms with Crippen LogP contribution in [-0.4, -0.2) is 42.0 Å². The average molecular weight is 461 g/mol. The molecule has 0 saturated heterocycles. The Labute approximate surface area is 195 Å². The fourth-order valence-corrected chi connectivity index (χ4v) is 3.20. The molecule has 0 aliphatic rings. The van der Waals surface area contributed by atoms with Crippen LogP contribution in [0.2, 0.25) is 5.02 Å². The van der Waals surface area contributed by atoms with Crippen molar-refractivity contribution in [2.45, 2.75) is 58.7 Å². The Kier molecular flexibility index (Phi) is 9.39. The van der Waals surface area contributed by atoms with Gasteiger partial charge in [-0.05, 0) is 76.1 Å². The molecule has 0 radical (unpaired) electrons. The van der Waals surface area contributed by atoms with E-state index < -0.39 is 6.04 Å². The van der Waals surface area contributed by atoms with E-state index in [0.717, 1.165) is 11.3 Å². The number of halogens is 1. The molecule has 1 atom stereocenters. The summed E-state index contributed by atoms with van der Waals surface area (Å²) < 4.78 is 10.9. The molecule has 32 heavy (non-hydrogen) atoms. The van der Waals surface area contributed by atoms with E-state index in [-0.39, 0.29) is 23.8 Å². The molecule has 174 valence electrons. The lowest BCUT2D eigenvalue weighted by molar-refractivity contribution is -0.141. The Morgan fingerprint density at radius 2 is 1.62 bits per heavy atom. The first kappa shape index (κ1) is 25.5. The Morgan fingerprint density at radius 1 is 1.03 bits per heavy atom. The topological polar surface area (TPSA) is 67.9 Å². The lowest BCUT2D eigenvalue weighted by Crippen LogP contribution is -2.52. The van der Waals surface area contributed by atoms with Crippen LogP contribution >= 0.6 is 11.6 Å². The summed E-state index contributed by atoms with van der Waals surface area (Å²) in [5.74, 6) is 1.16. The molecule has 0 unspecified atom stereocenters. The van der Waals surface area contributed by atoms with E-state index in [0.29, 0.717) is 30.3 Å². The molecule has 1 N–H and O–H groups in total. The van der Waals surface area contributed by atoms with Crippen LogP contribution in [0.4, 0.5) is 0 Å². The molecule has 0 spiro atoms. The van der Waals surface area contributed by atoms with Gasteiger partial charge in [-0.15, -0.1) is 0 Å². The van der Waals surface area contributed by atoms with Crippen molar-refractivity contribution < 1.29 is 19.1 Å². The molecule has 7 heteroatoms. The third kappa shape index (κ3) is 8.42.